The smallest absolute Gasteiger partial charge is 0.243 e. The van der Waals surface area contributed by atoms with Crippen LogP contribution < -0.4 is 4.72 Å². The molecule has 0 unspecified atom stereocenters. The van der Waals surface area contributed by atoms with Crippen molar-refractivity contribution < 1.29 is 12.8 Å². The molecule has 0 saturated carbocycles. The molecule has 1 N–H and O–H groups in total. The molecule has 0 atom stereocenters. The van der Waals surface area contributed by atoms with Crippen LogP contribution in [0, 0.1) is 5.82 Å². The zero-order valence-corrected chi connectivity index (χ0v) is 11.0. The van der Waals surface area contributed by atoms with Crippen molar-refractivity contribution in [2.45, 2.75) is 11.3 Å². The third-order valence-corrected chi connectivity index (χ3v) is 4.41. The van der Waals surface area contributed by atoms with Crippen LogP contribution in [0.5, 0.6) is 0 Å². The fourth-order valence-corrected chi connectivity index (χ4v) is 3.12. The minimum Gasteiger partial charge on any atom is -0.250 e. The number of hydrogen-bond donors (Lipinski definition) is 1. The van der Waals surface area contributed by atoms with Gasteiger partial charge in [-0.05, 0) is 12.1 Å². The van der Waals surface area contributed by atoms with Crippen molar-refractivity contribution in [3.8, 4) is 0 Å². The molecule has 0 aliphatic rings. The Morgan fingerprint density at radius 3 is 2.78 bits per heavy atom. The third kappa shape index (κ3) is 3.12. The minimum atomic E-state index is -3.79. The van der Waals surface area contributed by atoms with Crippen LogP contribution in [0.2, 0.25) is 0 Å². The Balaban J connectivity index is 2.02. The maximum Gasteiger partial charge on any atom is 0.243 e. The summed E-state index contributed by atoms with van der Waals surface area (Å²) >= 11 is 1.45. The van der Waals surface area contributed by atoms with Crippen LogP contribution in [-0.4, -0.2) is 19.9 Å². The van der Waals surface area contributed by atoms with Crippen LogP contribution in [0.25, 0.3) is 0 Å². The molecule has 7 heteroatoms. The molecule has 0 saturated heterocycles. The standard InChI is InChI=1S/C11H11FN2O2S2/c12-10-3-1-2-4-11(10)18(15,16)14-6-5-9-7-17-8-13-9/h1-4,7-8,14H,5-6H2. The van der Waals surface area contributed by atoms with Crippen LogP contribution in [0.4, 0.5) is 4.39 Å². The normalized spacial score (nSPS) is 11.6. The molecule has 96 valence electrons. The highest BCUT2D eigenvalue weighted by atomic mass is 32.2. The number of sulfonamides is 1. The third-order valence-electron chi connectivity index (χ3n) is 2.28. The number of nitrogens with one attached hydrogen (secondary N) is 1. The summed E-state index contributed by atoms with van der Waals surface area (Å²) in [6.45, 7) is 0.195. The summed E-state index contributed by atoms with van der Waals surface area (Å²) in [7, 11) is -3.79. The van der Waals surface area contributed by atoms with Gasteiger partial charge in [0, 0.05) is 18.3 Å². The second-order valence-corrected chi connectivity index (χ2v) is 6.01. The Labute approximate surface area is 109 Å². The molecule has 4 nitrogen and oxygen atoms in total. The average Bonchev–Trinajstić information content (AvgIpc) is 2.82. The topological polar surface area (TPSA) is 59.1 Å². The monoisotopic (exact) mass is 286 g/mol. The van der Waals surface area contributed by atoms with Crippen molar-refractivity contribution in [3.63, 3.8) is 0 Å². The molecule has 0 amide bonds. The number of thiazole rings is 1. The fourth-order valence-electron chi connectivity index (χ4n) is 1.41. The van der Waals surface area contributed by atoms with Crippen molar-refractivity contribution >= 4 is 21.4 Å². The lowest BCUT2D eigenvalue weighted by Gasteiger charge is -2.06. The first kappa shape index (κ1) is 13.1. The van der Waals surface area contributed by atoms with Crippen molar-refractivity contribution in [2.75, 3.05) is 6.54 Å². The molecule has 0 spiro atoms. The molecule has 1 aromatic carbocycles. The van der Waals surface area contributed by atoms with Gasteiger partial charge < -0.3 is 0 Å². The maximum absolute atomic E-state index is 13.4. The molecule has 1 aromatic heterocycles. The van der Waals surface area contributed by atoms with E-state index in [9.17, 15) is 12.8 Å². The minimum absolute atomic E-state index is 0.195. The van der Waals surface area contributed by atoms with E-state index in [0.29, 0.717) is 6.42 Å². The van der Waals surface area contributed by atoms with Crippen molar-refractivity contribution in [1.29, 1.82) is 0 Å². The SMILES string of the molecule is O=S(=O)(NCCc1cscn1)c1ccccc1F. The van der Waals surface area contributed by atoms with Crippen LogP contribution in [0.3, 0.4) is 0 Å². The number of rotatable bonds is 5. The van der Waals surface area contributed by atoms with Gasteiger partial charge in [-0.15, -0.1) is 11.3 Å². The number of nitrogens with zero attached hydrogens (tertiary/aromatic N) is 1. The van der Waals surface area contributed by atoms with Gasteiger partial charge in [-0.25, -0.2) is 22.5 Å². The van der Waals surface area contributed by atoms with E-state index >= 15 is 0 Å². The van der Waals surface area contributed by atoms with Gasteiger partial charge in [-0.1, -0.05) is 12.1 Å². The Morgan fingerprint density at radius 2 is 2.11 bits per heavy atom. The molecule has 2 rings (SSSR count). The first-order chi connectivity index (χ1) is 8.59. The maximum atomic E-state index is 13.4. The van der Waals surface area contributed by atoms with E-state index in [1.54, 1.807) is 5.51 Å². The molecule has 1 heterocycles. The van der Waals surface area contributed by atoms with Crippen LogP contribution in [0.15, 0.2) is 40.1 Å². The highest BCUT2D eigenvalue weighted by Gasteiger charge is 2.17. The van der Waals surface area contributed by atoms with Gasteiger partial charge in [-0.3, -0.25) is 0 Å². The molecule has 2 aromatic rings. The summed E-state index contributed by atoms with van der Waals surface area (Å²) < 4.78 is 39.3. The summed E-state index contributed by atoms with van der Waals surface area (Å²) in [5, 5.41) is 1.84. The van der Waals surface area contributed by atoms with E-state index < -0.39 is 15.8 Å². The van der Waals surface area contributed by atoms with Gasteiger partial charge in [-0.2, -0.15) is 0 Å². The summed E-state index contributed by atoms with van der Waals surface area (Å²) in [5.74, 6) is -0.751. The predicted octanol–water partition coefficient (Wildman–Crippen LogP) is 1.80. The Bertz CT molecular complexity index is 612. The molecule has 0 radical (unpaired) electrons. The molecule has 0 fully saturated rings. The summed E-state index contributed by atoms with van der Waals surface area (Å²) in [6.07, 6.45) is 0.483. The number of halogens is 1. The average molecular weight is 286 g/mol. The summed E-state index contributed by atoms with van der Waals surface area (Å²) in [6, 6.07) is 5.29. The quantitative estimate of drug-likeness (QED) is 0.912. The second kappa shape index (κ2) is 5.55. The van der Waals surface area contributed by atoms with Crippen LogP contribution in [0.1, 0.15) is 5.69 Å². The van der Waals surface area contributed by atoms with Gasteiger partial charge in [0.15, 0.2) is 0 Å². The lowest BCUT2D eigenvalue weighted by molar-refractivity contribution is 0.557. The largest absolute Gasteiger partial charge is 0.250 e. The predicted molar refractivity (Wildman–Crippen MR) is 67.4 cm³/mol. The van der Waals surface area contributed by atoms with Gasteiger partial charge >= 0.3 is 0 Å². The number of hydrogen-bond acceptors (Lipinski definition) is 4. The Hall–Kier alpha value is -1.31. The van der Waals surface area contributed by atoms with E-state index in [2.05, 4.69) is 9.71 Å². The summed E-state index contributed by atoms with van der Waals surface area (Å²) in [5.41, 5.74) is 2.50. The molecule has 0 aliphatic carbocycles. The molecule has 0 aliphatic heterocycles. The van der Waals surface area contributed by atoms with Gasteiger partial charge in [0.25, 0.3) is 0 Å². The van der Waals surface area contributed by atoms with Crippen molar-refractivity contribution in [3.05, 3.63) is 46.7 Å². The second-order valence-electron chi connectivity index (χ2n) is 3.56. The van der Waals surface area contributed by atoms with Crippen LogP contribution >= 0.6 is 11.3 Å². The highest BCUT2D eigenvalue weighted by Crippen LogP contribution is 2.13. The van der Waals surface area contributed by atoms with E-state index in [-0.39, 0.29) is 11.4 Å². The van der Waals surface area contributed by atoms with E-state index in [1.165, 1.54) is 29.5 Å². The van der Waals surface area contributed by atoms with Crippen molar-refractivity contribution in [1.82, 2.24) is 9.71 Å². The number of aromatic nitrogens is 1. The lowest BCUT2D eigenvalue weighted by atomic mass is 10.3. The Kier molecular flexibility index (Phi) is 4.05. The fraction of sp³-hybridized carbons (Fsp3) is 0.182. The zero-order chi connectivity index (χ0) is 13.0. The molecule has 0 bridgehead atoms. The van der Waals surface area contributed by atoms with E-state index in [4.69, 9.17) is 0 Å². The van der Waals surface area contributed by atoms with Gasteiger partial charge in [0.2, 0.25) is 10.0 Å². The van der Waals surface area contributed by atoms with E-state index in [0.717, 1.165) is 11.8 Å². The Morgan fingerprint density at radius 1 is 1.33 bits per heavy atom. The van der Waals surface area contributed by atoms with E-state index in [1.807, 2.05) is 5.38 Å². The highest BCUT2D eigenvalue weighted by molar-refractivity contribution is 7.89. The van der Waals surface area contributed by atoms with Gasteiger partial charge in [0.1, 0.15) is 10.7 Å². The molecular formula is C11H11FN2O2S2. The zero-order valence-electron chi connectivity index (χ0n) is 9.34. The summed E-state index contributed by atoms with van der Waals surface area (Å²) in [4.78, 5) is 3.71. The van der Waals surface area contributed by atoms with Crippen LogP contribution in [-0.2, 0) is 16.4 Å². The first-order valence-corrected chi connectivity index (χ1v) is 7.63. The molecule has 18 heavy (non-hydrogen) atoms. The molecular weight excluding hydrogens is 275 g/mol. The first-order valence-electron chi connectivity index (χ1n) is 5.21. The van der Waals surface area contributed by atoms with Gasteiger partial charge in [0.05, 0.1) is 11.2 Å². The van der Waals surface area contributed by atoms with Crippen molar-refractivity contribution in [2.24, 2.45) is 0 Å². The lowest BCUT2D eigenvalue weighted by Crippen LogP contribution is -2.26. The number of benzene rings is 1.